The van der Waals surface area contributed by atoms with Crippen LogP contribution in [0.1, 0.15) is 12.0 Å². The molecular weight excluding hydrogens is 284 g/mol. The van der Waals surface area contributed by atoms with Crippen molar-refractivity contribution in [3.8, 4) is 5.75 Å². The van der Waals surface area contributed by atoms with Crippen LogP contribution in [0.4, 0.5) is 0 Å². The molecule has 1 aliphatic rings. The molecule has 1 aromatic rings. The van der Waals surface area contributed by atoms with Gasteiger partial charge < -0.3 is 10.5 Å². The van der Waals surface area contributed by atoms with Gasteiger partial charge in [-0.1, -0.05) is 24.4 Å². The Morgan fingerprint density at radius 1 is 1.47 bits per heavy atom. The van der Waals surface area contributed by atoms with Crippen LogP contribution < -0.4 is 10.5 Å². The van der Waals surface area contributed by atoms with Crippen LogP contribution in [0.5, 0.6) is 5.75 Å². The van der Waals surface area contributed by atoms with Gasteiger partial charge in [-0.25, -0.2) is 8.42 Å². The number of nitrogens with two attached hydrogens (primary N) is 1. The number of sulfonamides is 1. The van der Waals surface area contributed by atoms with Crippen molar-refractivity contribution in [1.82, 2.24) is 4.31 Å². The first kappa shape index (κ1) is 14.2. The van der Waals surface area contributed by atoms with E-state index in [-0.39, 0.29) is 5.75 Å². The zero-order valence-corrected chi connectivity index (χ0v) is 12.0. The summed E-state index contributed by atoms with van der Waals surface area (Å²) >= 11 is 4.89. The van der Waals surface area contributed by atoms with Gasteiger partial charge in [0.25, 0.3) is 0 Å². The molecule has 1 heterocycles. The van der Waals surface area contributed by atoms with Crippen molar-refractivity contribution in [3.05, 3.63) is 29.8 Å². The third kappa shape index (κ3) is 3.65. The molecule has 1 aliphatic heterocycles. The van der Waals surface area contributed by atoms with Crippen LogP contribution in [0.2, 0.25) is 0 Å². The molecular formula is C12H16N2O3S2. The van der Waals surface area contributed by atoms with E-state index in [0.717, 1.165) is 5.56 Å². The Hall–Kier alpha value is -1.18. The molecule has 1 saturated heterocycles. The molecule has 0 spiro atoms. The molecule has 104 valence electrons. The summed E-state index contributed by atoms with van der Waals surface area (Å²) in [7, 11) is -3.05. The molecule has 0 atom stereocenters. The quantitative estimate of drug-likeness (QED) is 0.812. The minimum absolute atomic E-state index is 0.240. The predicted molar refractivity (Wildman–Crippen MR) is 77.8 cm³/mol. The number of nitrogens with zero attached hydrogens (tertiary/aromatic N) is 1. The van der Waals surface area contributed by atoms with Crippen LogP contribution in [0.25, 0.3) is 0 Å². The molecule has 0 bridgehead atoms. The summed E-state index contributed by atoms with van der Waals surface area (Å²) < 4.78 is 30.2. The third-order valence-corrected chi connectivity index (χ3v) is 5.12. The molecule has 7 heteroatoms. The third-order valence-electron chi connectivity index (χ3n) is 2.93. The van der Waals surface area contributed by atoms with Gasteiger partial charge >= 0.3 is 0 Å². The highest BCUT2D eigenvalue weighted by molar-refractivity contribution is 7.89. The zero-order chi connectivity index (χ0) is 13.9. The fraction of sp³-hybridized carbons (Fsp3) is 0.417. The lowest BCUT2D eigenvalue weighted by Crippen LogP contribution is -2.30. The van der Waals surface area contributed by atoms with Gasteiger partial charge in [0.15, 0.2) is 0 Å². The Morgan fingerprint density at radius 2 is 2.26 bits per heavy atom. The van der Waals surface area contributed by atoms with E-state index in [1.165, 1.54) is 4.31 Å². The molecule has 0 aliphatic carbocycles. The fourth-order valence-corrected chi connectivity index (χ4v) is 3.59. The van der Waals surface area contributed by atoms with Gasteiger partial charge in [0.1, 0.15) is 17.3 Å². The molecule has 0 unspecified atom stereocenters. The van der Waals surface area contributed by atoms with E-state index in [0.29, 0.717) is 36.9 Å². The monoisotopic (exact) mass is 300 g/mol. The standard InChI is InChI=1S/C12H16N2O3S2/c13-12(18)10-3-1-4-11(9-10)17-7-6-14-5-2-8-19(14,15)16/h1,3-4,9H,2,5-8H2,(H2,13,18). The second-order valence-electron chi connectivity index (χ2n) is 4.31. The van der Waals surface area contributed by atoms with E-state index < -0.39 is 10.0 Å². The maximum absolute atomic E-state index is 11.6. The predicted octanol–water partition coefficient (Wildman–Crippen LogP) is 0.735. The van der Waals surface area contributed by atoms with Gasteiger partial charge in [-0.15, -0.1) is 0 Å². The SMILES string of the molecule is NC(=S)c1cccc(OCCN2CCCS2(=O)=O)c1. The molecule has 1 fully saturated rings. The number of benzene rings is 1. The van der Waals surface area contributed by atoms with Crippen molar-refractivity contribution in [2.45, 2.75) is 6.42 Å². The first-order chi connectivity index (χ1) is 8.99. The lowest BCUT2D eigenvalue weighted by Gasteiger charge is -2.14. The summed E-state index contributed by atoms with van der Waals surface area (Å²) in [5.74, 6) is 0.881. The maximum atomic E-state index is 11.6. The second kappa shape index (κ2) is 5.85. The smallest absolute Gasteiger partial charge is 0.214 e. The minimum atomic E-state index is -3.05. The lowest BCUT2D eigenvalue weighted by atomic mass is 10.2. The molecule has 5 nitrogen and oxygen atoms in total. The molecule has 2 N–H and O–H groups in total. The van der Waals surface area contributed by atoms with Gasteiger partial charge in [-0.3, -0.25) is 0 Å². The van der Waals surface area contributed by atoms with E-state index in [4.69, 9.17) is 22.7 Å². The van der Waals surface area contributed by atoms with E-state index in [9.17, 15) is 8.42 Å². The maximum Gasteiger partial charge on any atom is 0.214 e. The summed E-state index contributed by atoms with van der Waals surface area (Å²) in [6.07, 6.45) is 0.694. The van der Waals surface area contributed by atoms with Crippen LogP contribution in [-0.2, 0) is 10.0 Å². The molecule has 2 rings (SSSR count). The van der Waals surface area contributed by atoms with Gasteiger partial charge in [-0.2, -0.15) is 4.31 Å². The number of ether oxygens (including phenoxy) is 1. The molecule has 1 aromatic carbocycles. The van der Waals surface area contributed by atoms with Crippen LogP contribution >= 0.6 is 12.2 Å². The van der Waals surface area contributed by atoms with Crippen LogP contribution in [0.15, 0.2) is 24.3 Å². The Balaban J connectivity index is 1.89. The minimum Gasteiger partial charge on any atom is -0.492 e. The van der Waals surface area contributed by atoms with Crippen molar-refractivity contribution in [2.24, 2.45) is 5.73 Å². The first-order valence-electron chi connectivity index (χ1n) is 5.99. The highest BCUT2D eigenvalue weighted by atomic mass is 32.2. The Bertz CT molecular complexity index is 572. The Morgan fingerprint density at radius 3 is 2.89 bits per heavy atom. The summed E-state index contributed by atoms with van der Waals surface area (Å²) in [4.78, 5) is 0.313. The van der Waals surface area contributed by atoms with Crippen molar-refractivity contribution < 1.29 is 13.2 Å². The number of hydrogen-bond donors (Lipinski definition) is 1. The normalized spacial score (nSPS) is 18.3. The Labute approximate surface area is 118 Å². The summed E-state index contributed by atoms with van der Waals surface area (Å²) in [5.41, 5.74) is 6.27. The summed E-state index contributed by atoms with van der Waals surface area (Å²) in [6, 6.07) is 7.15. The number of thiocarbonyl (C=S) groups is 1. The van der Waals surface area contributed by atoms with Gasteiger partial charge in [0, 0.05) is 18.7 Å². The average molecular weight is 300 g/mol. The lowest BCUT2D eigenvalue weighted by molar-refractivity contribution is 0.279. The van der Waals surface area contributed by atoms with Gasteiger partial charge in [0.2, 0.25) is 10.0 Å². The van der Waals surface area contributed by atoms with Crippen molar-refractivity contribution in [3.63, 3.8) is 0 Å². The van der Waals surface area contributed by atoms with Crippen LogP contribution in [0, 0.1) is 0 Å². The van der Waals surface area contributed by atoms with Gasteiger partial charge in [0.05, 0.1) is 5.75 Å². The topological polar surface area (TPSA) is 72.6 Å². The zero-order valence-electron chi connectivity index (χ0n) is 10.4. The molecule has 0 amide bonds. The molecule has 0 aromatic heterocycles. The highest BCUT2D eigenvalue weighted by Gasteiger charge is 2.27. The highest BCUT2D eigenvalue weighted by Crippen LogP contribution is 2.15. The van der Waals surface area contributed by atoms with E-state index in [2.05, 4.69) is 0 Å². The van der Waals surface area contributed by atoms with E-state index in [1.807, 2.05) is 0 Å². The van der Waals surface area contributed by atoms with Crippen LogP contribution in [-0.4, -0.2) is 43.2 Å². The molecule has 0 saturated carbocycles. The molecule has 0 radical (unpaired) electrons. The summed E-state index contributed by atoms with van der Waals surface area (Å²) in [5, 5.41) is 0. The Kier molecular flexibility index (Phi) is 4.38. The van der Waals surface area contributed by atoms with Gasteiger partial charge in [-0.05, 0) is 18.6 Å². The second-order valence-corrected chi connectivity index (χ2v) is 6.84. The molecule has 19 heavy (non-hydrogen) atoms. The largest absolute Gasteiger partial charge is 0.492 e. The summed E-state index contributed by atoms with van der Waals surface area (Å²) in [6.45, 7) is 1.28. The van der Waals surface area contributed by atoms with E-state index in [1.54, 1.807) is 24.3 Å². The van der Waals surface area contributed by atoms with Crippen molar-refractivity contribution in [2.75, 3.05) is 25.4 Å². The number of hydrogen-bond acceptors (Lipinski definition) is 4. The van der Waals surface area contributed by atoms with Crippen molar-refractivity contribution >= 4 is 27.2 Å². The van der Waals surface area contributed by atoms with E-state index >= 15 is 0 Å². The van der Waals surface area contributed by atoms with Crippen LogP contribution in [0.3, 0.4) is 0 Å². The fourth-order valence-electron chi connectivity index (χ4n) is 1.95. The number of rotatable bonds is 5. The van der Waals surface area contributed by atoms with Crippen molar-refractivity contribution in [1.29, 1.82) is 0 Å². The first-order valence-corrected chi connectivity index (χ1v) is 8.01. The average Bonchev–Trinajstić information content (AvgIpc) is 2.69.